The Bertz CT molecular complexity index is 1170. The lowest BCUT2D eigenvalue weighted by atomic mass is 9.86. The molecule has 204 valence electrons. The molecule has 4 heterocycles. The third kappa shape index (κ3) is 5.13. The zero-order valence-electron chi connectivity index (χ0n) is 22.1. The van der Waals surface area contributed by atoms with Crippen LogP contribution in [0.2, 0.25) is 0 Å². The summed E-state index contributed by atoms with van der Waals surface area (Å²) in [7, 11) is 0. The second kappa shape index (κ2) is 11.0. The van der Waals surface area contributed by atoms with E-state index in [1.165, 1.54) is 17.8 Å². The van der Waals surface area contributed by atoms with Crippen LogP contribution in [0.4, 0.5) is 10.5 Å². The van der Waals surface area contributed by atoms with Gasteiger partial charge in [-0.15, -0.1) is 0 Å². The van der Waals surface area contributed by atoms with Gasteiger partial charge >= 0.3 is 6.03 Å². The van der Waals surface area contributed by atoms with Gasteiger partial charge in [0.05, 0.1) is 34.3 Å². The quantitative estimate of drug-likeness (QED) is 0.392. The molecule has 0 bridgehead atoms. The highest BCUT2D eigenvalue weighted by atomic mass is 32.2. The Hall–Kier alpha value is -3.05. The first-order valence-corrected chi connectivity index (χ1v) is 14.3. The molecule has 3 fully saturated rings. The number of amides is 4. The van der Waals surface area contributed by atoms with Crippen LogP contribution in [0, 0.1) is 12.8 Å². The van der Waals surface area contributed by atoms with Gasteiger partial charge < -0.3 is 26.0 Å². The van der Waals surface area contributed by atoms with E-state index in [4.69, 9.17) is 4.74 Å². The van der Waals surface area contributed by atoms with Crippen LogP contribution in [0.25, 0.3) is 0 Å². The summed E-state index contributed by atoms with van der Waals surface area (Å²) in [5.41, 5.74) is 2.33. The topological polar surface area (TPSA) is 125 Å². The number of urea groups is 1. The number of rotatable bonds is 7. The molecule has 0 spiro atoms. The molecule has 2 saturated heterocycles. The third-order valence-electron chi connectivity index (χ3n) is 7.62. The van der Waals surface area contributed by atoms with Crippen LogP contribution in [0.1, 0.15) is 51.5 Å². The van der Waals surface area contributed by atoms with Crippen molar-refractivity contribution in [2.45, 2.75) is 82.5 Å². The SMILES string of the molecule is C=CC(=O)N[C@@H]1CCCC[C@H]1NC(=O)C1=C2NC(=O)N(c3cnc(OC(C)C)cc3C)C3CCNC(S1)C23. The molecule has 0 aromatic carbocycles. The predicted octanol–water partition coefficient (Wildman–Crippen LogP) is 2.70. The number of nitrogens with one attached hydrogen (secondary N) is 4. The normalized spacial score (nSPS) is 28.5. The number of aryl methyl sites for hydroxylation is 1. The van der Waals surface area contributed by atoms with E-state index in [-0.39, 0.29) is 53.4 Å². The molecule has 4 aliphatic rings. The molecule has 3 unspecified atom stereocenters. The Morgan fingerprint density at radius 1 is 1.24 bits per heavy atom. The first-order valence-electron chi connectivity index (χ1n) is 13.4. The van der Waals surface area contributed by atoms with E-state index < -0.39 is 0 Å². The number of carbonyl (C=O) groups is 3. The highest BCUT2D eigenvalue weighted by Gasteiger charge is 2.52. The summed E-state index contributed by atoms with van der Waals surface area (Å²) in [6, 6.07) is 1.19. The lowest BCUT2D eigenvalue weighted by Crippen LogP contribution is -2.62. The molecule has 1 aromatic heterocycles. The number of nitrogens with zero attached hydrogens (tertiary/aromatic N) is 2. The molecule has 3 aliphatic heterocycles. The fourth-order valence-electron chi connectivity index (χ4n) is 5.94. The van der Waals surface area contributed by atoms with Crippen molar-refractivity contribution in [1.82, 2.24) is 26.3 Å². The Balaban J connectivity index is 1.38. The number of piperidine rings is 1. The Morgan fingerprint density at radius 3 is 2.66 bits per heavy atom. The second-order valence-corrected chi connectivity index (χ2v) is 11.7. The summed E-state index contributed by atoms with van der Waals surface area (Å²) in [6.45, 7) is 10.1. The zero-order chi connectivity index (χ0) is 27.0. The molecule has 10 nitrogen and oxygen atoms in total. The number of carbonyl (C=O) groups excluding carboxylic acids is 3. The molecule has 4 amide bonds. The predicted molar refractivity (Wildman–Crippen MR) is 147 cm³/mol. The number of thioether (sulfide) groups is 1. The summed E-state index contributed by atoms with van der Waals surface area (Å²) in [5, 5.41) is 12.7. The fourth-order valence-corrected chi connectivity index (χ4v) is 7.33. The molecular weight excluding hydrogens is 504 g/mol. The lowest BCUT2D eigenvalue weighted by molar-refractivity contribution is -0.120. The average molecular weight is 541 g/mol. The van der Waals surface area contributed by atoms with E-state index in [2.05, 4.69) is 32.8 Å². The monoisotopic (exact) mass is 540 g/mol. The van der Waals surface area contributed by atoms with E-state index in [9.17, 15) is 14.4 Å². The number of ether oxygens (including phenoxy) is 1. The summed E-state index contributed by atoms with van der Waals surface area (Å²) < 4.78 is 5.73. The molecule has 1 saturated carbocycles. The maximum absolute atomic E-state index is 13.6. The maximum Gasteiger partial charge on any atom is 0.326 e. The van der Waals surface area contributed by atoms with E-state index in [0.29, 0.717) is 16.5 Å². The molecule has 38 heavy (non-hydrogen) atoms. The summed E-state index contributed by atoms with van der Waals surface area (Å²) in [5.74, 6) is 0.0371. The number of aromatic nitrogens is 1. The van der Waals surface area contributed by atoms with Crippen molar-refractivity contribution in [2.24, 2.45) is 5.92 Å². The molecule has 1 aliphatic carbocycles. The van der Waals surface area contributed by atoms with Crippen LogP contribution in [-0.4, -0.2) is 59.0 Å². The van der Waals surface area contributed by atoms with Crippen molar-refractivity contribution in [1.29, 1.82) is 0 Å². The molecule has 1 aromatic rings. The van der Waals surface area contributed by atoms with Crippen molar-refractivity contribution in [3.05, 3.63) is 41.1 Å². The van der Waals surface area contributed by atoms with Crippen molar-refractivity contribution >= 4 is 35.3 Å². The zero-order valence-corrected chi connectivity index (χ0v) is 22.9. The van der Waals surface area contributed by atoms with Crippen LogP contribution in [0.5, 0.6) is 5.88 Å². The van der Waals surface area contributed by atoms with E-state index >= 15 is 0 Å². The van der Waals surface area contributed by atoms with Gasteiger partial charge in [0.25, 0.3) is 5.91 Å². The Morgan fingerprint density at radius 2 is 1.97 bits per heavy atom. The van der Waals surface area contributed by atoms with Gasteiger partial charge in [-0.2, -0.15) is 0 Å². The van der Waals surface area contributed by atoms with E-state index in [1.54, 1.807) is 11.1 Å². The first kappa shape index (κ1) is 26.6. The van der Waals surface area contributed by atoms with Gasteiger partial charge in [0.1, 0.15) is 0 Å². The molecule has 5 atom stereocenters. The van der Waals surface area contributed by atoms with Crippen LogP contribution in [0.15, 0.2) is 35.5 Å². The largest absolute Gasteiger partial charge is 0.475 e. The number of pyridine rings is 1. The summed E-state index contributed by atoms with van der Waals surface area (Å²) >= 11 is 1.48. The molecule has 11 heteroatoms. The van der Waals surface area contributed by atoms with Crippen LogP contribution >= 0.6 is 11.8 Å². The number of hydrogen-bond acceptors (Lipinski definition) is 7. The minimum absolute atomic E-state index is 0.00568. The van der Waals surface area contributed by atoms with Gasteiger partial charge in [0.2, 0.25) is 11.8 Å². The van der Waals surface area contributed by atoms with Crippen LogP contribution in [0.3, 0.4) is 0 Å². The third-order valence-corrected chi connectivity index (χ3v) is 8.97. The molecule has 5 rings (SSSR count). The fraction of sp³-hybridized carbons (Fsp3) is 0.556. The van der Waals surface area contributed by atoms with Gasteiger partial charge in [-0.05, 0) is 58.2 Å². The van der Waals surface area contributed by atoms with E-state index in [1.807, 2.05) is 26.8 Å². The number of anilines is 1. The van der Waals surface area contributed by atoms with Crippen molar-refractivity contribution in [2.75, 3.05) is 11.4 Å². The Kier molecular flexibility index (Phi) is 7.67. The van der Waals surface area contributed by atoms with Crippen molar-refractivity contribution in [3.63, 3.8) is 0 Å². The van der Waals surface area contributed by atoms with Gasteiger partial charge in [0, 0.05) is 29.8 Å². The lowest BCUT2D eigenvalue weighted by Gasteiger charge is -2.46. The van der Waals surface area contributed by atoms with Crippen molar-refractivity contribution in [3.8, 4) is 5.88 Å². The average Bonchev–Trinajstić information content (AvgIpc) is 3.25. The van der Waals surface area contributed by atoms with Gasteiger partial charge in [-0.25, -0.2) is 9.78 Å². The minimum atomic E-state index is -0.258. The van der Waals surface area contributed by atoms with Crippen LogP contribution in [-0.2, 0) is 9.59 Å². The molecule has 0 radical (unpaired) electrons. The van der Waals surface area contributed by atoms with E-state index in [0.717, 1.165) is 49.9 Å². The maximum atomic E-state index is 13.6. The Labute approximate surface area is 227 Å². The first-order chi connectivity index (χ1) is 18.3. The standard InChI is InChI=1S/C27H36N6O4S/c1-5-20(34)30-16-8-6-7-9-17(16)31-25(35)24-23-22-18(10-11-28-26(22)38-24)33(27(36)32-23)19-13-29-21(12-15(19)4)37-14(2)3/h5,12-14,16-18,22,26,28H,1,6-11H2,2-4H3,(H,30,34)(H,31,35)(H,32,36)/t16-,17-,18?,22?,26?/m1/s1. The molecule has 4 N–H and O–H groups in total. The minimum Gasteiger partial charge on any atom is -0.475 e. The van der Waals surface area contributed by atoms with Gasteiger partial charge in [-0.1, -0.05) is 31.2 Å². The van der Waals surface area contributed by atoms with Crippen molar-refractivity contribution < 1.29 is 19.1 Å². The summed E-state index contributed by atoms with van der Waals surface area (Å²) in [6.07, 6.45) is 7.30. The van der Waals surface area contributed by atoms with Gasteiger partial charge in [0.15, 0.2) is 0 Å². The highest BCUT2D eigenvalue weighted by Crippen LogP contribution is 2.48. The smallest absolute Gasteiger partial charge is 0.326 e. The van der Waals surface area contributed by atoms with Gasteiger partial charge in [-0.3, -0.25) is 14.5 Å². The molecular formula is C27H36N6O4S. The highest BCUT2D eigenvalue weighted by molar-refractivity contribution is 8.04. The second-order valence-electron chi connectivity index (χ2n) is 10.6. The number of hydrogen-bond donors (Lipinski definition) is 4. The summed E-state index contributed by atoms with van der Waals surface area (Å²) in [4.78, 5) is 45.8. The van der Waals surface area contributed by atoms with Crippen LogP contribution < -0.4 is 30.9 Å².